The molecule has 1 aromatic carbocycles. The first-order valence-corrected chi connectivity index (χ1v) is 5.81. The summed E-state index contributed by atoms with van der Waals surface area (Å²) in [5.41, 5.74) is 0.265. The SMILES string of the molecule is O=C(C(Cl)c1ccccc1F)N1CCCC1. The van der Waals surface area contributed by atoms with Gasteiger partial charge in [-0.25, -0.2) is 4.39 Å². The van der Waals surface area contributed by atoms with Gasteiger partial charge in [0.05, 0.1) is 0 Å². The van der Waals surface area contributed by atoms with Gasteiger partial charge in [0, 0.05) is 18.7 Å². The first-order valence-electron chi connectivity index (χ1n) is 5.37. The standard InChI is InChI=1S/C12H13ClFNO/c13-11(9-5-1-2-6-10(9)14)12(16)15-7-3-4-8-15/h1-2,5-6,11H,3-4,7-8H2. The highest BCUT2D eigenvalue weighted by atomic mass is 35.5. The maximum Gasteiger partial charge on any atom is 0.245 e. The normalized spacial score (nSPS) is 17.5. The number of nitrogens with zero attached hydrogens (tertiary/aromatic N) is 1. The number of hydrogen-bond donors (Lipinski definition) is 0. The highest BCUT2D eigenvalue weighted by Gasteiger charge is 2.27. The van der Waals surface area contributed by atoms with E-state index < -0.39 is 11.2 Å². The number of carbonyl (C=O) groups is 1. The lowest BCUT2D eigenvalue weighted by Crippen LogP contribution is -2.30. The van der Waals surface area contributed by atoms with Crippen LogP contribution in [0.2, 0.25) is 0 Å². The third-order valence-electron chi connectivity index (χ3n) is 2.81. The van der Waals surface area contributed by atoms with Crippen LogP contribution in [0.3, 0.4) is 0 Å². The third-order valence-corrected chi connectivity index (χ3v) is 3.23. The lowest BCUT2D eigenvalue weighted by atomic mass is 10.1. The fraction of sp³-hybridized carbons (Fsp3) is 0.417. The van der Waals surface area contributed by atoms with E-state index >= 15 is 0 Å². The molecule has 1 fully saturated rings. The molecule has 1 heterocycles. The van der Waals surface area contributed by atoms with Gasteiger partial charge in [0.1, 0.15) is 11.2 Å². The van der Waals surface area contributed by atoms with Crippen LogP contribution in [-0.4, -0.2) is 23.9 Å². The van der Waals surface area contributed by atoms with Crippen molar-refractivity contribution in [1.82, 2.24) is 4.90 Å². The monoisotopic (exact) mass is 241 g/mol. The molecule has 1 aromatic rings. The summed E-state index contributed by atoms with van der Waals surface area (Å²) in [6.45, 7) is 1.47. The molecule has 2 nitrogen and oxygen atoms in total. The lowest BCUT2D eigenvalue weighted by Gasteiger charge is -2.19. The van der Waals surface area contributed by atoms with Crippen molar-refractivity contribution < 1.29 is 9.18 Å². The quantitative estimate of drug-likeness (QED) is 0.729. The summed E-state index contributed by atoms with van der Waals surface area (Å²) in [6, 6.07) is 6.15. The Morgan fingerprint density at radius 2 is 1.94 bits per heavy atom. The second kappa shape index (κ2) is 4.83. The molecule has 86 valence electrons. The molecule has 1 atom stereocenters. The molecule has 0 bridgehead atoms. The van der Waals surface area contributed by atoms with Crippen LogP contribution in [0.5, 0.6) is 0 Å². The Balaban J connectivity index is 2.15. The summed E-state index contributed by atoms with van der Waals surface area (Å²) >= 11 is 6.01. The first kappa shape index (κ1) is 11.4. The molecule has 1 amide bonds. The number of hydrogen-bond acceptors (Lipinski definition) is 1. The van der Waals surface area contributed by atoms with E-state index in [1.54, 1.807) is 23.1 Å². The van der Waals surface area contributed by atoms with E-state index in [9.17, 15) is 9.18 Å². The maximum atomic E-state index is 13.4. The molecular formula is C12H13ClFNO. The van der Waals surface area contributed by atoms with Crippen molar-refractivity contribution in [2.24, 2.45) is 0 Å². The molecule has 1 unspecified atom stereocenters. The van der Waals surface area contributed by atoms with Crippen molar-refractivity contribution in [1.29, 1.82) is 0 Å². The van der Waals surface area contributed by atoms with Gasteiger partial charge in [-0.3, -0.25) is 4.79 Å². The molecule has 1 aliphatic heterocycles. The lowest BCUT2D eigenvalue weighted by molar-refractivity contribution is -0.129. The molecule has 1 saturated heterocycles. The van der Waals surface area contributed by atoms with Crippen molar-refractivity contribution in [2.75, 3.05) is 13.1 Å². The zero-order valence-corrected chi connectivity index (χ0v) is 9.58. The summed E-state index contributed by atoms with van der Waals surface area (Å²) < 4.78 is 13.4. The van der Waals surface area contributed by atoms with Crippen LogP contribution in [0.15, 0.2) is 24.3 Å². The van der Waals surface area contributed by atoms with E-state index in [1.807, 2.05) is 0 Å². The minimum absolute atomic E-state index is 0.190. The molecule has 0 N–H and O–H groups in total. The van der Waals surface area contributed by atoms with Crippen LogP contribution in [0.25, 0.3) is 0 Å². The molecule has 0 spiro atoms. The third kappa shape index (κ3) is 2.19. The number of likely N-dealkylation sites (tertiary alicyclic amines) is 1. The van der Waals surface area contributed by atoms with Gasteiger partial charge in [-0.1, -0.05) is 18.2 Å². The Kier molecular flexibility index (Phi) is 3.44. The predicted molar refractivity (Wildman–Crippen MR) is 60.8 cm³/mol. The van der Waals surface area contributed by atoms with Crippen molar-refractivity contribution in [3.05, 3.63) is 35.6 Å². The van der Waals surface area contributed by atoms with E-state index in [2.05, 4.69) is 0 Å². The Morgan fingerprint density at radius 3 is 2.56 bits per heavy atom. The molecule has 0 aliphatic carbocycles. The minimum atomic E-state index is -0.903. The Bertz CT molecular complexity index is 390. The van der Waals surface area contributed by atoms with E-state index in [0.717, 1.165) is 25.9 Å². The highest BCUT2D eigenvalue weighted by Crippen LogP contribution is 2.26. The Morgan fingerprint density at radius 1 is 1.31 bits per heavy atom. The van der Waals surface area contributed by atoms with E-state index in [1.165, 1.54) is 6.07 Å². The fourth-order valence-electron chi connectivity index (χ4n) is 1.91. The van der Waals surface area contributed by atoms with Crippen LogP contribution >= 0.6 is 11.6 Å². The topological polar surface area (TPSA) is 20.3 Å². The number of rotatable bonds is 2. The van der Waals surface area contributed by atoms with Crippen LogP contribution < -0.4 is 0 Å². The summed E-state index contributed by atoms with van der Waals surface area (Å²) in [5.74, 6) is -0.612. The zero-order chi connectivity index (χ0) is 11.5. The smallest absolute Gasteiger partial charge is 0.245 e. The minimum Gasteiger partial charge on any atom is -0.341 e. The number of halogens is 2. The van der Waals surface area contributed by atoms with E-state index in [4.69, 9.17) is 11.6 Å². The molecule has 0 saturated carbocycles. The van der Waals surface area contributed by atoms with Gasteiger partial charge in [-0.15, -0.1) is 11.6 Å². The number of amides is 1. The molecule has 16 heavy (non-hydrogen) atoms. The predicted octanol–water partition coefficient (Wildman–Crippen LogP) is 2.73. The maximum absolute atomic E-state index is 13.4. The van der Waals surface area contributed by atoms with Crippen molar-refractivity contribution in [2.45, 2.75) is 18.2 Å². The second-order valence-electron chi connectivity index (χ2n) is 3.92. The fourth-order valence-corrected chi connectivity index (χ4v) is 2.23. The highest BCUT2D eigenvalue weighted by molar-refractivity contribution is 6.30. The van der Waals surface area contributed by atoms with Crippen molar-refractivity contribution in [3.8, 4) is 0 Å². The zero-order valence-electron chi connectivity index (χ0n) is 8.83. The summed E-state index contributed by atoms with van der Waals surface area (Å²) in [4.78, 5) is 13.6. The average molecular weight is 242 g/mol. The molecule has 0 radical (unpaired) electrons. The molecule has 1 aliphatic rings. The second-order valence-corrected chi connectivity index (χ2v) is 4.35. The van der Waals surface area contributed by atoms with Crippen molar-refractivity contribution >= 4 is 17.5 Å². The Labute approximate surface area is 99.0 Å². The molecule has 0 aromatic heterocycles. The molecular weight excluding hydrogens is 229 g/mol. The first-order chi connectivity index (χ1) is 7.70. The van der Waals surface area contributed by atoms with Gasteiger partial charge in [0.25, 0.3) is 0 Å². The van der Waals surface area contributed by atoms with Crippen LogP contribution in [0.4, 0.5) is 4.39 Å². The van der Waals surface area contributed by atoms with Crippen LogP contribution in [0, 0.1) is 5.82 Å². The van der Waals surface area contributed by atoms with Gasteiger partial charge < -0.3 is 4.90 Å². The summed E-state index contributed by atoms with van der Waals surface area (Å²) in [7, 11) is 0. The van der Waals surface area contributed by atoms with Crippen LogP contribution in [-0.2, 0) is 4.79 Å². The summed E-state index contributed by atoms with van der Waals surface area (Å²) in [6.07, 6.45) is 2.01. The van der Waals surface area contributed by atoms with E-state index in [0.29, 0.717) is 0 Å². The van der Waals surface area contributed by atoms with Gasteiger partial charge in [0.15, 0.2) is 0 Å². The van der Waals surface area contributed by atoms with Crippen LogP contribution in [0.1, 0.15) is 23.8 Å². The van der Waals surface area contributed by atoms with Crippen molar-refractivity contribution in [3.63, 3.8) is 0 Å². The number of benzene rings is 1. The van der Waals surface area contributed by atoms with E-state index in [-0.39, 0.29) is 11.5 Å². The van der Waals surface area contributed by atoms with Gasteiger partial charge >= 0.3 is 0 Å². The average Bonchev–Trinajstić information content (AvgIpc) is 2.81. The Hall–Kier alpha value is -1.09. The largest absolute Gasteiger partial charge is 0.341 e. The number of alkyl halides is 1. The molecule has 2 rings (SSSR count). The van der Waals surface area contributed by atoms with Gasteiger partial charge in [0.2, 0.25) is 5.91 Å². The van der Waals surface area contributed by atoms with Gasteiger partial charge in [-0.2, -0.15) is 0 Å². The molecule has 4 heteroatoms. The summed E-state index contributed by atoms with van der Waals surface area (Å²) in [5, 5.41) is -0.903. The number of carbonyl (C=O) groups excluding carboxylic acids is 1. The van der Waals surface area contributed by atoms with Gasteiger partial charge in [-0.05, 0) is 18.9 Å².